The van der Waals surface area contributed by atoms with E-state index >= 15 is 0 Å². The van der Waals surface area contributed by atoms with Crippen LogP contribution in [-0.4, -0.2) is 32.7 Å². The smallest absolute Gasteiger partial charge is 0.171 e. The van der Waals surface area contributed by atoms with Gasteiger partial charge in [-0.1, -0.05) is 0 Å². The lowest BCUT2D eigenvalue weighted by atomic mass is 10.4. The molecule has 7 heteroatoms. The molecule has 0 aliphatic rings. The maximum Gasteiger partial charge on any atom is 0.171 e. The zero-order valence-corrected chi connectivity index (χ0v) is 11.0. The second kappa shape index (κ2) is 5.74. The summed E-state index contributed by atoms with van der Waals surface area (Å²) in [6.07, 6.45) is 3.49. The number of hydrogen-bond donors (Lipinski definition) is 3. The maximum absolute atomic E-state index is 5.56. The van der Waals surface area contributed by atoms with Gasteiger partial charge in [0.15, 0.2) is 5.11 Å². The van der Waals surface area contributed by atoms with Crippen molar-refractivity contribution >= 4 is 34.2 Å². The summed E-state index contributed by atoms with van der Waals surface area (Å²) >= 11 is 5.12. The van der Waals surface area contributed by atoms with Crippen molar-refractivity contribution in [2.24, 2.45) is 5.73 Å². The lowest BCUT2D eigenvalue weighted by Gasteiger charge is -2.08. The van der Waals surface area contributed by atoms with Crippen molar-refractivity contribution in [3.63, 3.8) is 0 Å². The van der Waals surface area contributed by atoms with Crippen LogP contribution in [0.4, 0.5) is 5.82 Å². The van der Waals surface area contributed by atoms with Crippen molar-refractivity contribution in [2.75, 3.05) is 18.4 Å². The van der Waals surface area contributed by atoms with Crippen LogP contribution < -0.4 is 16.4 Å². The van der Waals surface area contributed by atoms with Crippen molar-refractivity contribution in [1.82, 2.24) is 19.9 Å². The molecule has 0 radical (unpaired) electrons. The molecule has 2 aromatic heterocycles. The summed E-state index contributed by atoms with van der Waals surface area (Å²) in [5, 5.41) is 6.61. The Hall–Kier alpha value is -1.73. The summed E-state index contributed by atoms with van der Waals surface area (Å²) in [6, 6.07) is 1.92. The first-order valence-corrected chi connectivity index (χ1v) is 6.21. The van der Waals surface area contributed by atoms with Gasteiger partial charge in [-0.15, -0.1) is 0 Å². The molecule has 0 saturated heterocycles. The van der Waals surface area contributed by atoms with Crippen molar-refractivity contribution in [3.05, 3.63) is 18.6 Å². The Labute approximate surface area is 111 Å². The predicted molar refractivity (Wildman–Crippen MR) is 76.5 cm³/mol. The standard InChI is InChI=1S/C11H16N6S/c1-2-13-11(18)16-10-5-9-8(6-14-10)15-7-17(9)4-3-12/h5-7H,2-4,12H2,1H3,(H2,13,14,16,18). The number of imidazole rings is 1. The van der Waals surface area contributed by atoms with Gasteiger partial charge in [-0.05, 0) is 19.1 Å². The molecule has 2 rings (SSSR count). The summed E-state index contributed by atoms with van der Waals surface area (Å²) in [5.41, 5.74) is 7.41. The van der Waals surface area contributed by atoms with Crippen LogP contribution >= 0.6 is 12.2 Å². The molecule has 0 aromatic carbocycles. The first-order chi connectivity index (χ1) is 8.74. The average molecular weight is 264 g/mol. The summed E-state index contributed by atoms with van der Waals surface area (Å²) in [4.78, 5) is 8.52. The Morgan fingerprint density at radius 3 is 3.06 bits per heavy atom. The molecule has 18 heavy (non-hydrogen) atoms. The van der Waals surface area contributed by atoms with E-state index in [1.807, 2.05) is 17.6 Å². The number of nitrogens with two attached hydrogens (primary N) is 1. The fourth-order valence-electron chi connectivity index (χ4n) is 1.67. The summed E-state index contributed by atoms with van der Waals surface area (Å²) in [6.45, 7) is 4.07. The number of fused-ring (bicyclic) bond motifs is 1. The lowest BCUT2D eigenvalue weighted by Crippen LogP contribution is -2.28. The summed E-state index contributed by atoms with van der Waals surface area (Å²) in [7, 11) is 0. The largest absolute Gasteiger partial charge is 0.363 e. The normalized spacial score (nSPS) is 10.6. The monoisotopic (exact) mass is 264 g/mol. The third-order valence-corrected chi connectivity index (χ3v) is 2.70. The number of anilines is 1. The molecule has 96 valence electrons. The highest BCUT2D eigenvalue weighted by atomic mass is 32.1. The first kappa shape index (κ1) is 12.7. The fourth-order valence-corrected chi connectivity index (χ4v) is 1.92. The third-order valence-electron chi connectivity index (χ3n) is 2.46. The molecule has 4 N–H and O–H groups in total. The minimum Gasteiger partial charge on any atom is -0.363 e. The summed E-state index contributed by atoms with van der Waals surface area (Å²) in [5.74, 6) is 0.701. The number of aromatic nitrogens is 3. The van der Waals surface area contributed by atoms with Gasteiger partial charge in [0, 0.05) is 25.7 Å². The van der Waals surface area contributed by atoms with Gasteiger partial charge in [-0.2, -0.15) is 0 Å². The van der Waals surface area contributed by atoms with Gasteiger partial charge >= 0.3 is 0 Å². The molecule has 0 fully saturated rings. The van der Waals surface area contributed by atoms with Crippen molar-refractivity contribution in [1.29, 1.82) is 0 Å². The molecule has 2 heterocycles. The van der Waals surface area contributed by atoms with E-state index in [9.17, 15) is 0 Å². The minimum atomic E-state index is 0.564. The van der Waals surface area contributed by atoms with E-state index in [1.54, 1.807) is 12.5 Å². The van der Waals surface area contributed by atoms with Gasteiger partial charge in [0.2, 0.25) is 0 Å². The number of rotatable bonds is 4. The molecule has 0 spiro atoms. The van der Waals surface area contributed by atoms with E-state index < -0.39 is 0 Å². The highest BCUT2D eigenvalue weighted by Gasteiger charge is 2.05. The summed E-state index contributed by atoms with van der Waals surface area (Å²) < 4.78 is 2.00. The van der Waals surface area contributed by atoms with E-state index in [0.717, 1.165) is 24.1 Å². The molecule has 0 amide bonds. The Balaban J connectivity index is 2.24. The van der Waals surface area contributed by atoms with Gasteiger partial charge in [0.1, 0.15) is 11.3 Å². The van der Waals surface area contributed by atoms with Crippen LogP contribution in [0, 0.1) is 0 Å². The first-order valence-electron chi connectivity index (χ1n) is 5.80. The predicted octanol–water partition coefficient (Wildman–Crippen LogP) is 0.696. The molecule has 0 bridgehead atoms. The number of pyridine rings is 1. The van der Waals surface area contributed by atoms with Gasteiger partial charge < -0.3 is 20.9 Å². The highest BCUT2D eigenvalue weighted by Crippen LogP contribution is 2.15. The second-order valence-corrected chi connectivity index (χ2v) is 4.18. The van der Waals surface area contributed by atoms with Crippen molar-refractivity contribution < 1.29 is 0 Å². The molecule has 2 aromatic rings. The molecule has 0 atom stereocenters. The Bertz CT molecular complexity index is 549. The zero-order valence-electron chi connectivity index (χ0n) is 10.2. The average Bonchev–Trinajstić information content (AvgIpc) is 2.73. The molecule has 0 aliphatic carbocycles. The fraction of sp³-hybridized carbons (Fsp3) is 0.364. The number of hydrogen-bond acceptors (Lipinski definition) is 4. The van der Waals surface area contributed by atoms with Gasteiger partial charge in [0.25, 0.3) is 0 Å². The van der Waals surface area contributed by atoms with Crippen LogP contribution in [0.5, 0.6) is 0 Å². The molecular formula is C11H16N6S. The van der Waals surface area contributed by atoms with E-state index in [-0.39, 0.29) is 0 Å². The Morgan fingerprint density at radius 2 is 2.33 bits per heavy atom. The topological polar surface area (TPSA) is 80.8 Å². The van der Waals surface area contributed by atoms with Gasteiger partial charge in [-0.3, -0.25) is 0 Å². The molecular weight excluding hydrogens is 248 g/mol. The SMILES string of the molecule is CCNC(=S)Nc1cc2c(cn1)ncn2CCN. The van der Waals surface area contributed by atoms with E-state index in [0.29, 0.717) is 17.5 Å². The maximum atomic E-state index is 5.56. The van der Waals surface area contributed by atoms with Gasteiger partial charge in [-0.25, -0.2) is 9.97 Å². The molecule has 0 aliphatic heterocycles. The van der Waals surface area contributed by atoms with Crippen LogP contribution in [0.1, 0.15) is 6.92 Å². The number of nitrogens with zero attached hydrogens (tertiary/aromatic N) is 3. The van der Waals surface area contributed by atoms with Crippen molar-refractivity contribution in [2.45, 2.75) is 13.5 Å². The Morgan fingerprint density at radius 1 is 1.50 bits per heavy atom. The van der Waals surface area contributed by atoms with Crippen LogP contribution in [0.2, 0.25) is 0 Å². The highest BCUT2D eigenvalue weighted by molar-refractivity contribution is 7.80. The lowest BCUT2D eigenvalue weighted by molar-refractivity contribution is 0.728. The van der Waals surface area contributed by atoms with Crippen LogP contribution in [0.3, 0.4) is 0 Å². The van der Waals surface area contributed by atoms with E-state index in [2.05, 4.69) is 20.6 Å². The number of thiocarbonyl (C=S) groups is 1. The van der Waals surface area contributed by atoms with Crippen LogP contribution in [0.15, 0.2) is 18.6 Å². The zero-order chi connectivity index (χ0) is 13.0. The Kier molecular flexibility index (Phi) is 4.06. The minimum absolute atomic E-state index is 0.564. The van der Waals surface area contributed by atoms with Gasteiger partial charge in [0.05, 0.1) is 18.0 Å². The third kappa shape index (κ3) is 2.74. The second-order valence-electron chi connectivity index (χ2n) is 3.77. The number of nitrogens with one attached hydrogen (secondary N) is 2. The van der Waals surface area contributed by atoms with Crippen molar-refractivity contribution in [3.8, 4) is 0 Å². The van der Waals surface area contributed by atoms with Crippen LogP contribution in [-0.2, 0) is 6.54 Å². The van der Waals surface area contributed by atoms with Crippen LogP contribution in [0.25, 0.3) is 11.0 Å². The van der Waals surface area contributed by atoms with E-state index in [4.69, 9.17) is 18.0 Å². The quantitative estimate of drug-likeness (QED) is 0.705. The molecule has 0 unspecified atom stereocenters. The molecule has 6 nitrogen and oxygen atoms in total. The molecule has 0 saturated carbocycles. The van der Waals surface area contributed by atoms with E-state index in [1.165, 1.54) is 0 Å².